The van der Waals surface area contributed by atoms with Crippen molar-refractivity contribution in [2.75, 3.05) is 19.7 Å². The molecule has 11 heteroatoms. The number of halogens is 3. The highest BCUT2D eigenvalue weighted by molar-refractivity contribution is 5.97. The van der Waals surface area contributed by atoms with E-state index in [0.29, 0.717) is 6.54 Å². The number of carbonyl (C=O) groups is 4. The van der Waals surface area contributed by atoms with Gasteiger partial charge in [0.05, 0.1) is 5.56 Å². The topological polar surface area (TPSA) is 114 Å². The number of nitrogens with one attached hydrogen (secondary N) is 3. The number of rotatable bonds is 6. The molecule has 142 valence electrons. The zero-order valence-corrected chi connectivity index (χ0v) is 13.6. The number of ether oxygens (including phenoxy) is 1. The second-order valence-corrected chi connectivity index (χ2v) is 4.83. The number of hydrogen-bond donors (Lipinski definition) is 3. The Morgan fingerprint density at radius 1 is 1.04 bits per heavy atom. The first-order chi connectivity index (χ1) is 12.1. The van der Waals surface area contributed by atoms with Gasteiger partial charge in [-0.3, -0.25) is 19.7 Å². The molecule has 0 atom stereocenters. The van der Waals surface area contributed by atoms with Crippen molar-refractivity contribution in [3.05, 3.63) is 35.4 Å². The summed E-state index contributed by atoms with van der Waals surface area (Å²) in [5.74, 6) is -2.61. The molecule has 0 saturated heterocycles. The molecular weight excluding hydrogens is 359 g/mol. The lowest BCUT2D eigenvalue weighted by Crippen LogP contribution is -2.41. The summed E-state index contributed by atoms with van der Waals surface area (Å²) in [7, 11) is 0. The van der Waals surface area contributed by atoms with E-state index in [0.717, 1.165) is 24.3 Å². The van der Waals surface area contributed by atoms with E-state index in [-0.39, 0.29) is 5.56 Å². The van der Waals surface area contributed by atoms with Gasteiger partial charge in [-0.15, -0.1) is 0 Å². The molecular formula is C15H16F3N3O5. The summed E-state index contributed by atoms with van der Waals surface area (Å²) < 4.78 is 41.8. The Balaban J connectivity index is 2.39. The Kier molecular flexibility index (Phi) is 7.56. The molecule has 8 nitrogen and oxygen atoms in total. The van der Waals surface area contributed by atoms with E-state index < -0.39 is 48.7 Å². The third kappa shape index (κ3) is 7.20. The van der Waals surface area contributed by atoms with Crippen molar-refractivity contribution < 1.29 is 37.1 Å². The number of carbonyl (C=O) groups excluding carboxylic acids is 4. The molecule has 0 radical (unpaired) electrons. The number of amides is 4. The molecule has 0 fully saturated rings. The summed E-state index contributed by atoms with van der Waals surface area (Å²) in [5, 5.41) is 6.33. The maximum absolute atomic E-state index is 12.4. The minimum absolute atomic E-state index is 0.0835. The third-order valence-corrected chi connectivity index (χ3v) is 2.82. The number of urea groups is 1. The van der Waals surface area contributed by atoms with Crippen LogP contribution in [0.1, 0.15) is 22.8 Å². The smallest absolute Gasteiger partial charge is 0.416 e. The first-order valence-electron chi connectivity index (χ1n) is 7.32. The first-order valence-corrected chi connectivity index (χ1v) is 7.32. The van der Waals surface area contributed by atoms with Crippen LogP contribution in [0.2, 0.25) is 0 Å². The Labute approximate surface area is 146 Å². The Hall–Kier alpha value is -3.11. The molecule has 1 rings (SSSR count). The normalized spacial score (nSPS) is 10.6. The summed E-state index contributed by atoms with van der Waals surface area (Å²) in [4.78, 5) is 45.5. The summed E-state index contributed by atoms with van der Waals surface area (Å²) in [6.45, 7) is 0.610. The van der Waals surface area contributed by atoms with Crippen LogP contribution in [0.25, 0.3) is 0 Å². The molecule has 26 heavy (non-hydrogen) atoms. The molecule has 0 heterocycles. The molecule has 0 saturated carbocycles. The van der Waals surface area contributed by atoms with Crippen LogP contribution >= 0.6 is 0 Å². The lowest BCUT2D eigenvalue weighted by atomic mass is 10.1. The molecule has 1 aromatic carbocycles. The van der Waals surface area contributed by atoms with Gasteiger partial charge in [-0.1, -0.05) is 0 Å². The summed E-state index contributed by atoms with van der Waals surface area (Å²) in [5.41, 5.74) is -0.994. The molecule has 0 spiro atoms. The van der Waals surface area contributed by atoms with Gasteiger partial charge in [-0.2, -0.15) is 13.2 Å². The van der Waals surface area contributed by atoms with Crippen LogP contribution in [0, 0.1) is 0 Å². The van der Waals surface area contributed by atoms with Gasteiger partial charge in [-0.05, 0) is 31.2 Å². The number of esters is 1. The van der Waals surface area contributed by atoms with Crippen LogP contribution < -0.4 is 16.0 Å². The van der Waals surface area contributed by atoms with E-state index in [1.165, 1.54) is 0 Å². The van der Waals surface area contributed by atoms with Gasteiger partial charge in [0.2, 0.25) is 0 Å². The van der Waals surface area contributed by atoms with E-state index >= 15 is 0 Å². The highest BCUT2D eigenvalue weighted by atomic mass is 19.4. The standard InChI is InChI=1S/C15H16F3N3O5/c1-2-19-14(25)21-11(22)8-26-12(23)7-20-13(24)9-3-5-10(6-4-9)15(16,17)18/h3-6H,2,7-8H2,1H3,(H,20,24)(H2,19,21,22,25). The number of alkyl halides is 3. The maximum atomic E-state index is 12.4. The fourth-order valence-electron chi connectivity index (χ4n) is 1.63. The van der Waals surface area contributed by atoms with Crippen LogP contribution in [-0.2, 0) is 20.5 Å². The predicted molar refractivity (Wildman–Crippen MR) is 82.0 cm³/mol. The Bertz CT molecular complexity index is 674. The molecule has 0 bridgehead atoms. The van der Waals surface area contributed by atoms with Gasteiger partial charge in [-0.25, -0.2) is 4.79 Å². The van der Waals surface area contributed by atoms with Gasteiger partial charge >= 0.3 is 18.2 Å². The van der Waals surface area contributed by atoms with Crippen molar-refractivity contribution in [2.45, 2.75) is 13.1 Å². The fourth-order valence-corrected chi connectivity index (χ4v) is 1.63. The molecule has 1 aromatic rings. The fraction of sp³-hybridized carbons (Fsp3) is 0.333. The van der Waals surface area contributed by atoms with Crippen molar-refractivity contribution >= 4 is 23.8 Å². The summed E-state index contributed by atoms with van der Waals surface area (Å²) in [6, 6.07) is 2.65. The highest BCUT2D eigenvalue weighted by Crippen LogP contribution is 2.28. The molecule has 0 aliphatic rings. The first kappa shape index (κ1) is 20.9. The second kappa shape index (κ2) is 9.39. The zero-order valence-electron chi connectivity index (χ0n) is 13.6. The van der Waals surface area contributed by atoms with Gasteiger partial charge < -0.3 is 15.4 Å². The highest BCUT2D eigenvalue weighted by Gasteiger charge is 2.30. The number of benzene rings is 1. The largest absolute Gasteiger partial charge is 0.454 e. The van der Waals surface area contributed by atoms with Crippen LogP contribution in [0.15, 0.2) is 24.3 Å². The molecule has 0 aromatic heterocycles. The van der Waals surface area contributed by atoms with Gasteiger partial charge in [0.1, 0.15) is 6.54 Å². The number of hydrogen-bond acceptors (Lipinski definition) is 5. The third-order valence-electron chi connectivity index (χ3n) is 2.82. The van der Waals surface area contributed by atoms with Crippen molar-refractivity contribution in [3.63, 3.8) is 0 Å². The molecule has 3 N–H and O–H groups in total. The average molecular weight is 375 g/mol. The Morgan fingerprint density at radius 2 is 1.65 bits per heavy atom. The molecule has 4 amide bonds. The van der Waals surface area contributed by atoms with E-state index in [1.54, 1.807) is 6.92 Å². The SMILES string of the molecule is CCNC(=O)NC(=O)COC(=O)CNC(=O)c1ccc(C(F)(F)F)cc1. The lowest BCUT2D eigenvalue weighted by molar-refractivity contribution is -0.147. The molecule has 0 aliphatic carbocycles. The van der Waals surface area contributed by atoms with E-state index in [1.807, 2.05) is 5.32 Å². The van der Waals surface area contributed by atoms with Crippen LogP contribution in [0.4, 0.5) is 18.0 Å². The zero-order chi connectivity index (χ0) is 19.7. The minimum Gasteiger partial charge on any atom is -0.454 e. The molecule has 0 aliphatic heterocycles. The Morgan fingerprint density at radius 3 is 2.19 bits per heavy atom. The molecule has 0 unspecified atom stereocenters. The van der Waals surface area contributed by atoms with Gasteiger partial charge in [0.15, 0.2) is 6.61 Å². The van der Waals surface area contributed by atoms with E-state index in [4.69, 9.17) is 0 Å². The van der Waals surface area contributed by atoms with Gasteiger partial charge in [0, 0.05) is 12.1 Å². The lowest BCUT2D eigenvalue weighted by Gasteiger charge is -2.09. The minimum atomic E-state index is -4.52. The van der Waals surface area contributed by atoms with Crippen LogP contribution in [0.5, 0.6) is 0 Å². The predicted octanol–water partition coefficient (Wildman–Crippen LogP) is 0.824. The van der Waals surface area contributed by atoms with Crippen molar-refractivity contribution in [3.8, 4) is 0 Å². The quantitative estimate of drug-likeness (QED) is 0.637. The van der Waals surface area contributed by atoms with Gasteiger partial charge in [0.25, 0.3) is 11.8 Å². The van der Waals surface area contributed by atoms with Crippen molar-refractivity contribution in [1.82, 2.24) is 16.0 Å². The monoisotopic (exact) mass is 375 g/mol. The van der Waals surface area contributed by atoms with Crippen molar-refractivity contribution in [2.24, 2.45) is 0 Å². The summed E-state index contributed by atoms with van der Waals surface area (Å²) in [6.07, 6.45) is -4.52. The second-order valence-electron chi connectivity index (χ2n) is 4.83. The van der Waals surface area contributed by atoms with E-state index in [9.17, 15) is 32.3 Å². The summed E-state index contributed by atoms with van der Waals surface area (Å²) >= 11 is 0. The number of imide groups is 1. The average Bonchev–Trinajstić information content (AvgIpc) is 2.57. The van der Waals surface area contributed by atoms with Crippen LogP contribution in [0.3, 0.4) is 0 Å². The van der Waals surface area contributed by atoms with Crippen LogP contribution in [-0.4, -0.2) is 43.5 Å². The van der Waals surface area contributed by atoms with Crippen molar-refractivity contribution in [1.29, 1.82) is 0 Å². The van der Waals surface area contributed by atoms with E-state index in [2.05, 4.69) is 15.4 Å². The maximum Gasteiger partial charge on any atom is 0.416 e.